The van der Waals surface area contributed by atoms with Crippen LogP contribution in [0.25, 0.3) is 55.3 Å². The minimum absolute atomic E-state index is 0.149. The highest BCUT2D eigenvalue weighted by molar-refractivity contribution is 6.14. The number of furan rings is 1. The minimum atomic E-state index is -0.313. The number of anilines is 3. The predicted octanol–water partition coefficient (Wildman–Crippen LogP) is 14.1. The molecule has 4 bridgehead atoms. The van der Waals surface area contributed by atoms with Crippen LogP contribution in [0.4, 0.5) is 17.1 Å². The third-order valence-electron chi connectivity index (χ3n) is 15.8. The molecule has 1 aromatic heterocycles. The maximum absolute atomic E-state index is 6.48. The zero-order valence-corrected chi connectivity index (χ0v) is 31.6. The maximum atomic E-state index is 6.48. The predicted molar refractivity (Wildman–Crippen MR) is 228 cm³/mol. The topological polar surface area (TPSA) is 16.4 Å². The van der Waals surface area contributed by atoms with Gasteiger partial charge in [-0.05, 0) is 166 Å². The molecular weight excluding hydrogens is 679 g/mol. The number of nitrogens with zero attached hydrogens (tertiary/aromatic N) is 1. The van der Waals surface area contributed by atoms with E-state index >= 15 is 0 Å². The summed E-state index contributed by atoms with van der Waals surface area (Å²) in [6.45, 7) is 2.48. The second-order valence-corrected chi connectivity index (χ2v) is 18.2. The van der Waals surface area contributed by atoms with Crippen LogP contribution in [0.1, 0.15) is 66.8 Å². The van der Waals surface area contributed by atoms with E-state index in [0.29, 0.717) is 0 Å². The van der Waals surface area contributed by atoms with Gasteiger partial charge in [0.15, 0.2) is 0 Å². The van der Waals surface area contributed by atoms with Crippen molar-refractivity contribution in [2.45, 2.75) is 49.9 Å². The Morgan fingerprint density at radius 2 is 1.09 bits per heavy atom. The molecule has 268 valence electrons. The Kier molecular flexibility index (Phi) is 5.59. The van der Waals surface area contributed by atoms with Gasteiger partial charge in [0.25, 0.3) is 0 Å². The first kappa shape index (κ1) is 30.4. The summed E-state index contributed by atoms with van der Waals surface area (Å²) in [5, 5.41) is 2.31. The molecule has 0 saturated heterocycles. The van der Waals surface area contributed by atoms with E-state index in [1.165, 1.54) is 93.5 Å². The van der Waals surface area contributed by atoms with E-state index in [9.17, 15) is 0 Å². The molecule has 56 heavy (non-hydrogen) atoms. The van der Waals surface area contributed by atoms with E-state index < -0.39 is 0 Å². The van der Waals surface area contributed by atoms with Crippen molar-refractivity contribution in [2.75, 3.05) is 4.90 Å². The number of hydrogen-bond acceptors (Lipinski definition) is 2. The fourth-order valence-electron chi connectivity index (χ4n) is 14.0. The molecule has 0 N–H and O–H groups in total. The molecule has 7 aromatic carbocycles. The van der Waals surface area contributed by atoms with E-state index in [2.05, 4.69) is 157 Å². The van der Waals surface area contributed by atoms with Crippen molar-refractivity contribution in [3.05, 3.63) is 173 Å². The lowest BCUT2D eigenvalue weighted by atomic mass is 9.43. The second kappa shape index (κ2) is 10.3. The van der Waals surface area contributed by atoms with E-state index in [-0.39, 0.29) is 10.8 Å². The number of hydrogen-bond donors (Lipinski definition) is 0. The fraction of sp³-hybridized carbons (Fsp3) is 0.222. The van der Waals surface area contributed by atoms with Gasteiger partial charge in [-0.1, -0.05) is 103 Å². The van der Waals surface area contributed by atoms with Crippen molar-refractivity contribution >= 4 is 39.0 Å². The zero-order chi connectivity index (χ0) is 36.5. The van der Waals surface area contributed by atoms with Crippen LogP contribution >= 0.6 is 0 Å². The van der Waals surface area contributed by atoms with E-state index in [1.807, 2.05) is 0 Å². The van der Waals surface area contributed by atoms with Crippen molar-refractivity contribution in [2.24, 2.45) is 23.7 Å². The lowest BCUT2D eigenvalue weighted by Gasteiger charge is -2.61. The molecule has 1 unspecified atom stereocenters. The molecule has 1 atom stereocenters. The van der Waals surface area contributed by atoms with Gasteiger partial charge in [0.1, 0.15) is 11.2 Å². The number of para-hydroxylation sites is 1. The highest BCUT2D eigenvalue weighted by Gasteiger charge is 2.61. The summed E-state index contributed by atoms with van der Waals surface area (Å²) in [5.74, 6) is 3.36. The SMILES string of the molecule is CC12c3ccccc3-c3cccc(c31)N(c1cccc3oc4ccccc4c13)c1ccc(-c3ccc4c(c3)C3(c5ccccc5-4)C4CC5CC(C4)CC3C5)cc12. The molecule has 4 fully saturated rings. The van der Waals surface area contributed by atoms with E-state index in [1.54, 1.807) is 11.1 Å². The monoisotopic (exact) mass is 719 g/mol. The van der Waals surface area contributed by atoms with Gasteiger partial charge < -0.3 is 9.32 Å². The lowest BCUT2D eigenvalue weighted by molar-refractivity contribution is -0.0399. The normalized spacial score (nSPS) is 26.8. The third kappa shape index (κ3) is 3.49. The number of fused-ring (bicyclic) bond motifs is 11. The Bertz CT molecular complexity index is 3010. The average Bonchev–Trinajstić information content (AvgIpc) is 3.85. The highest BCUT2D eigenvalue weighted by Crippen LogP contribution is 2.70. The molecule has 0 amide bonds. The first-order chi connectivity index (χ1) is 27.6. The quantitative estimate of drug-likeness (QED) is 0.177. The molecule has 2 heteroatoms. The summed E-state index contributed by atoms with van der Waals surface area (Å²) in [5.41, 5.74) is 21.0. The molecule has 4 saturated carbocycles. The van der Waals surface area contributed by atoms with Crippen LogP contribution in [0.2, 0.25) is 0 Å². The van der Waals surface area contributed by atoms with Gasteiger partial charge >= 0.3 is 0 Å². The Morgan fingerprint density at radius 1 is 0.482 bits per heavy atom. The molecule has 0 radical (unpaired) electrons. The highest BCUT2D eigenvalue weighted by atomic mass is 16.3. The molecule has 2 heterocycles. The molecule has 8 aromatic rings. The Labute approximate surface area is 327 Å². The smallest absolute Gasteiger partial charge is 0.137 e. The van der Waals surface area contributed by atoms with Crippen molar-refractivity contribution in [3.8, 4) is 33.4 Å². The average molecular weight is 720 g/mol. The van der Waals surface area contributed by atoms with Crippen LogP contribution in [-0.2, 0) is 10.8 Å². The minimum Gasteiger partial charge on any atom is -0.456 e. The van der Waals surface area contributed by atoms with Crippen LogP contribution < -0.4 is 4.90 Å². The summed E-state index contributed by atoms with van der Waals surface area (Å²) in [7, 11) is 0. The van der Waals surface area contributed by atoms with Gasteiger partial charge in [-0.3, -0.25) is 0 Å². The first-order valence-corrected chi connectivity index (χ1v) is 20.9. The molecule has 1 spiro atoms. The molecule has 15 rings (SSSR count). The zero-order valence-electron chi connectivity index (χ0n) is 31.6. The Balaban J connectivity index is 1.01. The summed E-state index contributed by atoms with van der Waals surface area (Å²) >= 11 is 0. The van der Waals surface area contributed by atoms with Crippen LogP contribution in [0.15, 0.2) is 150 Å². The fourth-order valence-corrected chi connectivity index (χ4v) is 14.0. The molecular formula is C54H41NO. The van der Waals surface area contributed by atoms with Crippen LogP contribution in [-0.4, -0.2) is 0 Å². The lowest BCUT2D eigenvalue weighted by Crippen LogP contribution is -2.55. The first-order valence-electron chi connectivity index (χ1n) is 20.9. The summed E-state index contributed by atoms with van der Waals surface area (Å²) in [6.07, 6.45) is 7.08. The van der Waals surface area contributed by atoms with Gasteiger partial charge in [0.05, 0.1) is 22.4 Å². The largest absolute Gasteiger partial charge is 0.456 e. The summed E-state index contributed by atoms with van der Waals surface area (Å²) in [4.78, 5) is 2.54. The van der Waals surface area contributed by atoms with E-state index in [4.69, 9.17) is 4.42 Å². The molecule has 7 aliphatic rings. The van der Waals surface area contributed by atoms with Crippen molar-refractivity contribution < 1.29 is 4.42 Å². The number of rotatable bonds is 2. The number of benzene rings is 7. The van der Waals surface area contributed by atoms with Gasteiger partial charge in [-0.25, -0.2) is 0 Å². The van der Waals surface area contributed by atoms with Crippen LogP contribution in [0.5, 0.6) is 0 Å². The summed E-state index contributed by atoms with van der Waals surface area (Å²) in [6, 6.07) is 55.6. The van der Waals surface area contributed by atoms with Gasteiger partial charge in [-0.15, -0.1) is 0 Å². The molecule has 1 aliphatic heterocycles. The van der Waals surface area contributed by atoms with Crippen molar-refractivity contribution in [3.63, 3.8) is 0 Å². The summed E-state index contributed by atoms with van der Waals surface area (Å²) < 4.78 is 6.48. The van der Waals surface area contributed by atoms with Crippen molar-refractivity contribution in [1.82, 2.24) is 0 Å². The standard InChI is InChI=1S/C54H41NO/c1-53-42-14-5-2-11-38(42)40-13-8-17-48(52(40)53)55(47-16-9-19-50-51(47)41-12-4-7-18-49(41)56-50)46-23-21-34(30-45(46)53)33-20-22-39-37-10-3-6-15-43(37)54(44(39)29-33)35-25-31-24-32(27-35)28-36(54)26-31/h2-23,29-32,35-36H,24-28H2,1H3. The van der Waals surface area contributed by atoms with Crippen LogP contribution in [0.3, 0.4) is 0 Å². The maximum Gasteiger partial charge on any atom is 0.137 e. The molecule has 2 nitrogen and oxygen atoms in total. The van der Waals surface area contributed by atoms with Gasteiger partial charge in [0.2, 0.25) is 0 Å². The van der Waals surface area contributed by atoms with Crippen molar-refractivity contribution in [1.29, 1.82) is 0 Å². The Morgan fingerprint density at radius 3 is 1.91 bits per heavy atom. The van der Waals surface area contributed by atoms with Gasteiger partial charge in [-0.2, -0.15) is 0 Å². The van der Waals surface area contributed by atoms with E-state index in [0.717, 1.165) is 51.3 Å². The second-order valence-electron chi connectivity index (χ2n) is 18.2. The van der Waals surface area contributed by atoms with Crippen LogP contribution in [0, 0.1) is 23.7 Å². The van der Waals surface area contributed by atoms with Gasteiger partial charge in [0, 0.05) is 16.2 Å². The molecule has 6 aliphatic carbocycles. The third-order valence-corrected chi connectivity index (χ3v) is 15.8. The Hall–Kier alpha value is -5.86.